The molecule has 0 spiro atoms. The number of furan rings is 4. The van der Waals surface area contributed by atoms with Crippen molar-refractivity contribution in [1.29, 1.82) is 5.26 Å². The summed E-state index contributed by atoms with van der Waals surface area (Å²) >= 11 is 0. The van der Waals surface area contributed by atoms with Gasteiger partial charge in [0.2, 0.25) is 22.8 Å². The van der Waals surface area contributed by atoms with E-state index in [1.807, 2.05) is 149 Å². The van der Waals surface area contributed by atoms with E-state index in [0.717, 1.165) is 200 Å². The van der Waals surface area contributed by atoms with E-state index in [0.29, 0.717) is 28.5 Å². The van der Waals surface area contributed by atoms with Crippen LogP contribution in [0.4, 0.5) is 17.1 Å². The molecule has 0 fully saturated rings. The van der Waals surface area contributed by atoms with Crippen molar-refractivity contribution in [2.75, 3.05) is 0 Å². The quantitative estimate of drug-likeness (QED) is 0.106. The predicted octanol–water partition coefficient (Wildman–Crippen LogP) is 27.8. The van der Waals surface area contributed by atoms with Gasteiger partial charge >= 0.3 is 0 Å². The molecule has 0 saturated heterocycles. The van der Waals surface area contributed by atoms with Crippen molar-refractivity contribution in [3.05, 3.63) is 376 Å². The highest BCUT2D eigenvalue weighted by molar-refractivity contribution is 6.21. The number of fused-ring (bicyclic) bond motifs is 12. The van der Waals surface area contributed by atoms with Crippen LogP contribution in [0.3, 0.4) is 0 Å². The first-order chi connectivity index (χ1) is 59.2. The molecule has 12 nitrogen and oxygen atoms in total. The van der Waals surface area contributed by atoms with Crippen molar-refractivity contribution < 1.29 is 35.9 Å². The Hall–Kier alpha value is -15.6. The maximum atomic E-state index is 9.80. The van der Waals surface area contributed by atoms with Gasteiger partial charge in [-0.1, -0.05) is 176 Å². The molecule has 0 saturated carbocycles. The summed E-state index contributed by atoms with van der Waals surface area (Å²) in [4.78, 5) is 11.0. The largest absolute Gasteiger partial charge is 0.456 e. The summed E-state index contributed by atoms with van der Waals surface area (Å²) in [5, 5.41) is 18.0. The monoisotopic (exact) mass is 1580 g/mol. The first-order valence-corrected chi connectivity index (χ1v) is 40.8. The minimum absolute atomic E-state index is 0.462. The molecule has 0 aliphatic heterocycles. The molecule has 0 amide bonds. The fourth-order valence-electron chi connectivity index (χ4n) is 17.2. The van der Waals surface area contributed by atoms with Gasteiger partial charge in [-0.25, -0.2) is 32.8 Å². The van der Waals surface area contributed by atoms with E-state index in [1.54, 1.807) is 0 Å². The number of hydrogen-bond donors (Lipinski definition) is 0. The molecule has 12 heteroatoms. The van der Waals surface area contributed by atoms with Crippen LogP contribution in [-0.4, -0.2) is 0 Å². The minimum atomic E-state index is 0.462. The second-order valence-electron chi connectivity index (χ2n) is 32.0. The van der Waals surface area contributed by atoms with Crippen molar-refractivity contribution in [3.8, 4) is 95.6 Å². The first kappa shape index (κ1) is 78.9. The van der Waals surface area contributed by atoms with Crippen LogP contribution in [0.15, 0.2) is 309 Å². The fourth-order valence-corrected chi connectivity index (χ4v) is 17.2. The number of nitriles is 1. The van der Waals surface area contributed by atoms with Gasteiger partial charge in [-0.05, 0) is 194 Å². The summed E-state index contributed by atoms with van der Waals surface area (Å²) in [6.07, 6.45) is 8.19. The third kappa shape index (κ3) is 14.4. The zero-order valence-corrected chi connectivity index (χ0v) is 70.5. The molecule has 0 aliphatic rings. The zero-order valence-electron chi connectivity index (χ0n) is 70.5. The molecule has 0 unspecified atom stereocenters. The molecule has 8 heterocycles. The van der Waals surface area contributed by atoms with Crippen LogP contribution in [0.25, 0.3) is 192 Å². The summed E-state index contributed by atoms with van der Waals surface area (Å²) in [7, 11) is 8.19. The van der Waals surface area contributed by atoms with E-state index < -0.39 is 0 Å². The van der Waals surface area contributed by atoms with Crippen LogP contribution in [0.1, 0.15) is 69.8 Å². The SMILES string of the molecule is Cc1ccc(-c2cc(C)c(-c3cccc[n+]3C)c3oc4cccc(C#N)c4c23)cc1.[C-]#[N+]c1ccc2c(c1)oc1c(-c3cccc[n+]3C)c(C)cc(-c3ccc(C)cc3)c12.[C-]#[N+]c1ccc2c(oc3c(-c4cccc[n+]4C)c(C)ccc32)c1-c1ccc(C(C)C)cc1.[C-]#[N+]c1ccc2oc3c(-c4cccc[n+]4C)c(C)cc(-c4ccc(C)cc4)c3c2c1. The van der Waals surface area contributed by atoms with Crippen LogP contribution >= 0.6 is 0 Å². The molecule has 0 radical (unpaired) electrons. The molecular formula is C110H88N8O4+4. The van der Waals surface area contributed by atoms with Gasteiger partial charge < -0.3 is 17.7 Å². The number of nitrogens with zero attached hydrogens (tertiary/aromatic N) is 8. The molecule has 122 heavy (non-hydrogen) atoms. The predicted molar refractivity (Wildman–Crippen MR) is 494 cm³/mol. The molecule has 0 aliphatic carbocycles. The van der Waals surface area contributed by atoms with Crippen molar-refractivity contribution in [3.63, 3.8) is 0 Å². The smallest absolute Gasteiger partial charge is 0.216 e. The summed E-state index contributed by atoms with van der Waals surface area (Å²) < 4.78 is 34.4. The second-order valence-corrected chi connectivity index (χ2v) is 32.0. The zero-order chi connectivity index (χ0) is 84.9. The molecule has 588 valence electrons. The Kier molecular flexibility index (Phi) is 21.2. The van der Waals surface area contributed by atoms with Gasteiger partial charge in [0, 0.05) is 97.2 Å². The molecule has 20 rings (SSSR count). The Balaban J connectivity index is 0.000000116. The van der Waals surface area contributed by atoms with Gasteiger partial charge in [-0.2, -0.15) is 5.26 Å². The summed E-state index contributed by atoms with van der Waals surface area (Å²) in [6, 6.07) is 93.3. The summed E-state index contributed by atoms with van der Waals surface area (Å²) in [5.41, 5.74) is 35.9. The third-order valence-electron chi connectivity index (χ3n) is 23.5. The highest BCUT2D eigenvalue weighted by Crippen LogP contribution is 2.50. The average Bonchev–Trinajstić information content (AvgIpc) is 1.57. The Morgan fingerprint density at radius 1 is 0.311 bits per heavy atom. The van der Waals surface area contributed by atoms with Crippen LogP contribution in [-0.2, 0) is 28.2 Å². The lowest BCUT2D eigenvalue weighted by Gasteiger charge is -2.11. The van der Waals surface area contributed by atoms with Crippen LogP contribution in [0, 0.1) is 79.5 Å². The van der Waals surface area contributed by atoms with Crippen LogP contribution < -0.4 is 18.3 Å². The lowest BCUT2D eigenvalue weighted by molar-refractivity contribution is -0.660. The van der Waals surface area contributed by atoms with E-state index in [9.17, 15) is 5.26 Å². The van der Waals surface area contributed by atoms with Crippen LogP contribution in [0.2, 0.25) is 0 Å². The standard InChI is InChI=1S/C29H25N2O.3C27H21N2O/c1-18(2)20-10-12-21(13-11-20)27-24(30-4)16-15-23-22-14-9-19(3)26(28(22)32-29(23)27)25-8-6-7-17-31(25)5;1-17-8-10-19(11-9-17)21-15-18(2)25(23-7-5-6-14-29(23)4)27-26(21)22-16-20(28-3)12-13-24(22)30-27;1-17-8-10-19(11-9-17)22-15-18(2)25(23-7-5-6-14-29(23)4)27-26(22)21-13-12-20(28-3)16-24(21)30-27;1-17-10-12-19(13-11-17)21-15-18(2)24(22-8-4-5-14-29(22)3)27-26(21)25-20(16-28)7-6-9-23(25)30-27/h6-18H,1-3,5H3;2*5-16H,1-2,4H3;4-15H,1-3H3/q4*+1. The lowest BCUT2D eigenvalue weighted by atomic mass is 9.91. The first-order valence-electron chi connectivity index (χ1n) is 40.8. The molecule has 12 aromatic carbocycles. The van der Waals surface area contributed by atoms with E-state index in [1.165, 1.54) is 22.3 Å². The Morgan fingerprint density at radius 3 is 1.17 bits per heavy atom. The highest BCUT2D eigenvalue weighted by atomic mass is 16.3. The fraction of sp³-hybridized carbons (Fsp3) is 0.127. The number of aryl methyl sites for hydroxylation is 11. The number of rotatable bonds is 9. The Bertz CT molecular complexity index is 7700. The number of hydrogen-bond acceptors (Lipinski definition) is 5. The van der Waals surface area contributed by atoms with E-state index >= 15 is 0 Å². The van der Waals surface area contributed by atoms with Crippen molar-refractivity contribution in [2.45, 2.75) is 68.2 Å². The highest BCUT2D eigenvalue weighted by Gasteiger charge is 2.30. The Morgan fingerprint density at radius 2 is 0.713 bits per heavy atom. The number of benzene rings is 12. The molecular weight excluding hydrogens is 1500 g/mol. The number of aromatic nitrogens is 4. The van der Waals surface area contributed by atoms with Gasteiger partial charge in [0.15, 0.2) is 41.8 Å². The van der Waals surface area contributed by atoms with Gasteiger partial charge in [0.25, 0.3) is 0 Å². The molecule has 0 N–H and O–H groups in total. The molecule has 0 atom stereocenters. The van der Waals surface area contributed by atoms with E-state index in [2.05, 4.69) is 272 Å². The number of pyridine rings is 4. The maximum absolute atomic E-state index is 9.80. The van der Waals surface area contributed by atoms with Crippen molar-refractivity contribution >= 4 is 105 Å². The Labute approximate surface area is 709 Å². The van der Waals surface area contributed by atoms with E-state index in [4.69, 9.17) is 37.4 Å². The molecule has 0 bridgehead atoms. The average molecular weight is 1590 g/mol. The van der Waals surface area contributed by atoms with Gasteiger partial charge in [0.05, 0.1) is 53.6 Å². The topological polar surface area (TPSA) is 105 Å². The summed E-state index contributed by atoms with van der Waals surface area (Å²) in [6.45, 7) is 41.8. The van der Waals surface area contributed by atoms with Crippen LogP contribution in [0.5, 0.6) is 0 Å². The molecule has 20 aromatic rings. The molecule has 8 aromatic heterocycles. The van der Waals surface area contributed by atoms with Gasteiger partial charge in [-0.15, -0.1) is 0 Å². The third-order valence-corrected chi connectivity index (χ3v) is 23.5. The lowest BCUT2D eigenvalue weighted by Crippen LogP contribution is -2.30. The van der Waals surface area contributed by atoms with Gasteiger partial charge in [0.1, 0.15) is 72.9 Å². The summed E-state index contributed by atoms with van der Waals surface area (Å²) in [5.74, 6) is 0.462. The maximum Gasteiger partial charge on any atom is 0.216 e. The van der Waals surface area contributed by atoms with Crippen molar-refractivity contribution in [2.24, 2.45) is 28.2 Å². The van der Waals surface area contributed by atoms with E-state index in [-0.39, 0.29) is 0 Å². The normalized spacial score (nSPS) is 11.2. The minimum Gasteiger partial charge on any atom is -0.456 e. The second kappa shape index (κ2) is 32.7. The van der Waals surface area contributed by atoms with Crippen molar-refractivity contribution in [1.82, 2.24) is 0 Å². The van der Waals surface area contributed by atoms with Gasteiger partial charge in [-0.3, -0.25) is 0 Å².